The van der Waals surface area contributed by atoms with Crippen LogP contribution in [-0.4, -0.2) is 72.3 Å². The van der Waals surface area contributed by atoms with Crippen LogP contribution in [0, 0.1) is 29.4 Å². The molecule has 3 aromatic carbocycles. The normalized spacial score (nSPS) is 24.1. The number of aliphatic hydroxyl groups is 2. The average Bonchev–Trinajstić information content (AvgIpc) is 3.21. The fraction of sp³-hybridized carbons (Fsp3) is 0.467. The van der Waals surface area contributed by atoms with Crippen LogP contribution in [0.3, 0.4) is 0 Å². The number of hydrogen-bond donors (Lipinski definition) is 2. The molecule has 2 aliphatic carbocycles. The molecule has 0 bridgehead atoms. The van der Waals surface area contributed by atoms with Crippen molar-refractivity contribution in [1.82, 2.24) is 4.90 Å². The van der Waals surface area contributed by atoms with Crippen LogP contribution in [0.25, 0.3) is 0 Å². The highest BCUT2D eigenvalue weighted by Gasteiger charge is 2.65. The fourth-order valence-corrected chi connectivity index (χ4v) is 8.92. The van der Waals surface area contributed by atoms with Crippen molar-refractivity contribution < 1.29 is 47.6 Å². The van der Waals surface area contributed by atoms with Crippen molar-refractivity contribution in [2.75, 3.05) is 33.5 Å². The van der Waals surface area contributed by atoms with Gasteiger partial charge in [0.05, 0.1) is 24.8 Å². The Morgan fingerprint density at radius 3 is 2.49 bits per heavy atom. The van der Waals surface area contributed by atoms with Crippen molar-refractivity contribution in [1.29, 1.82) is 0 Å². The van der Waals surface area contributed by atoms with E-state index in [2.05, 4.69) is 17.8 Å². The van der Waals surface area contributed by atoms with Crippen molar-refractivity contribution in [3.8, 4) is 11.5 Å². The molecular weight excluding hydrogens is 734 g/mol. The minimum atomic E-state index is -1.50. The average molecular weight is 789 g/mol. The summed E-state index contributed by atoms with van der Waals surface area (Å²) in [7, 11) is 1.49. The molecule has 1 heterocycles. The second-order valence-corrected chi connectivity index (χ2v) is 14.8. The van der Waals surface area contributed by atoms with Gasteiger partial charge in [-0.15, -0.1) is 6.58 Å². The summed E-state index contributed by atoms with van der Waals surface area (Å²) in [4.78, 5) is 21.3. The molecule has 0 saturated heterocycles. The van der Waals surface area contributed by atoms with Gasteiger partial charge < -0.3 is 34.0 Å². The summed E-state index contributed by atoms with van der Waals surface area (Å²) < 4.78 is 54.9. The third-order valence-corrected chi connectivity index (χ3v) is 11.3. The third-order valence-electron chi connectivity index (χ3n) is 11.3. The molecular formula is C45H54F2N2O8. The summed E-state index contributed by atoms with van der Waals surface area (Å²) in [5, 5.41) is 24.3. The summed E-state index contributed by atoms with van der Waals surface area (Å²) in [6.07, 6.45) is 7.84. The lowest BCUT2D eigenvalue weighted by molar-refractivity contribution is -0.256. The Morgan fingerprint density at radius 1 is 1.04 bits per heavy atom. The third kappa shape index (κ3) is 9.19. The van der Waals surface area contributed by atoms with Crippen molar-refractivity contribution in [3.63, 3.8) is 0 Å². The van der Waals surface area contributed by atoms with E-state index in [9.17, 15) is 23.8 Å². The SMILES string of the molecule is C=CCO[C@@]12Oc3ccc(OCc4ccccc4F)cc3[C@H]3[C@H](CCCCO)[C@@H](CCCCO)C=C(C(=NOC)C[C@@H]1N(Cc1ccc(F)cc1)C(=O)OCC)[C@H]32. The minimum absolute atomic E-state index is 0.00384. The molecule has 12 heteroatoms. The van der Waals surface area contributed by atoms with Gasteiger partial charge in [0.15, 0.2) is 0 Å². The number of amides is 1. The van der Waals surface area contributed by atoms with Gasteiger partial charge in [-0.3, -0.25) is 4.90 Å². The standard InChI is InChI=1S/C45H54F2N2O8/c1-4-24-56-45-41(49(44(52)54-5-2)28-30-16-18-33(46)19-17-30)27-39(48-53-3)36-25-31(12-8-10-22-50)35(14-9-11-23-51)42(43(36)45)37-26-34(20-21-40(37)57-45)55-29-32-13-6-7-15-38(32)47/h4,6-7,13,15-21,25-26,31,35,41-43,50-51H,1,5,8-12,14,22-24,27-29H2,2-3H3/t31-,35+,41-,42+,43+,45+/m0/s1. The Morgan fingerprint density at radius 2 is 1.79 bits per heavy atom. The number of allylic oxidation sites excluding steroid dienone is 1. The zero-order valence-corrected chi connectivity index (χ0v) is 32.8. The van der Waals surface area contributed by atoms with Crippen LogP contribution in [0.2, 0.25) is 0 Å². The van der Waals surface area contributed by atoms with Gasteiger partial charge in [0, 0.05) is 43.2 Å². The number of carbonyl (C=O) groups is 1. The highest BCUT2D eigenvalue weighted by Crippen LogP contribution is 2.62. The maximum atomic E-state index is 14.7. The Bertz CT molecular complexity index is 1890. The van der Waals surface area contributed by atoms with Gasteiger partial charge in [-0.25, -0.2) is 13.6 Å². The van der Waals surface area contributed by atoms with Crippen molar-refractivity contribution in [3.05, 3.63) is 119 Å². The number of ether oxygens (including phenoxy) is 4. The van der Waals surface area contributed by atoms with E-state index in [1.807, 2.05) is 12.1 Å². The highest BCUT2D eigenvalue weighted by molar-refractivity contribution is 6.03. The molecule has 1 saturated carbocycles. The molecule has 3 aromatic rings. The first kappa shape index (κ1) is 41.8. The molecule has 2 N–H and O–H groups in total. The Kier molecular flexibility index (Phi) is 14.4. The maximum Gasteiger partial charge on any atom is 0.410 e. The molecule has 6 rings (SSSR count). The smallest absolute Gasteiger partial charge is 0.410 e. The molecule has 0 unspecified atom stereocenters. The molecule has 57 heavy (non-hydrogen) atoms. The fourth-order valence-electron chi connectivity index (χ4n) is 8.92. The molecule has 0 radical (unpaired) electrons. The van der Waals surface area contributed by atoms with E-state index in [1.54, 1.807) is 54.3 Å². The molecule has 1 aliphatic heterocycles. The van der Waals surface area contributed by atoms with Crippen LogP contribution in [0.1, 0.15) is 74.5 Å². The predicted molar refractivity (Wildman–Crippen MR) is 212 cm³/mol. The number of hydrogen-bond acceptors (Lipinski definition) is 9. The lowest BCUT2D eigenvalue weighted by Gasteiger charge is -2.59. The number of benzene rings is 3. The van der Waals surface area contributed by atoms with E-state index in [0.29, 0.717) is 41.2 Å². The summed E-state index contributed by atoms with van der Waals surface area (Å²) in [5.41, 5.74) is 3.47. The first-order chi connectivity index (χ1) is 27.8. The van der Waals surface area contributed by atoms with E-state index < -0.39 is 29.7 Å². The van der Waals surface area contributed by atoms with E-state index in [-0.39, 0.29) is 69.6 Å². The van der Waals surface area contributed by atoms with E-state index >= 15 is 0 Å². The number of nitrogens with zero attached hydrogens (tertiary/aromatic N) is 2. The van der Waals surface area contributed by atoms with Crippen LogP contribution < -0.4 is 9.47 Å². The molecule has 3 aliphatic rings. The van der Waals surface area contributed by atoms with Gasteiger partial charge >= 0.3 is 6.09 Å². The monoisotopic (exact) mass is 788 g/mol. The van der Waals surface area contributed by atoms with Crippen molar-refractivity contribution in [2.24, 2.45) is 22.9 Å². The maximum absolute atomic E-state index is 14.7. The Hall–Kier alpha value is -4.78. The zero-order valence-electron chi connectivity index (χ0n) is 32.8. The molecule has 0 aromatic heterocycles. The summed E-state index contributed by atoms with van der Waals surface area (Å²) in [5.74, 6) is -1.97. The van der Waals surface area contributed by atoms with E-state index in [0.717, 1.165) is 36.8 Å². The summed E-state index contributed by atoms with van der Waals surface area (Å²) in [6, 6.07) is 17.2. The first-order valence-electron chi connectivity index (χ1n) is 19.9. The summed E-state index contributed by atoms with van der Waals surface area (Å²) in [6.45, 7) is 6.12. The van der Waals surface area contributed by atoms with Crippen molar-refractivity contribution in [2.45, 2.75) is 82.8 Å². The van der Waals surface area contributed by atoms with Gasteiger partial charge in [-0.1, -0.05) is 60.5 Å². The molecule has 10 nitrogen and oxygen atoms in total. The number of halogens is 2. The lowest BCUT2D eigenvalue weighted by Crippen LogP contribution is -2.70. The lowest BCUT2D eigenvalue weighted by atomic mass is 9.55. The second kappa shape index (κ2) is 19.6. The zero-order chi connectivity index (χ0) is 40.4. The number of carbonyl (C=O) groups excluding carboxylic acids is 1. The van der Waals surface area contributed by atoms with Gasteiger partial charge in [0.2, 0.25) is 5.79 Å². The van der Waals surface area contributed by atoms with Crippen LogP contribution in [-0.2, 0) is 27.5 Å². The van der Waals surface area contributed by atoms with Gasteiger partial charge in [-0.05, 0) is 92.0 Å². The Balaban J connectivity index is 1.56. The summed E-state index contributed by atoms with van der Waals surface area (Å²) >= 11 is 0. The number of rotatable bonds is 19. The highest BCUT2D eigenvalue weighted by atomic mass is 19.1. The number of oxime groups is 1. The molecule has 1 fully saturated rings. The number of fused-ring (bicyclic) bond motifs is 2. The predicted octanol–water partition coefficient (Wildman–Crippen LogP) is 8.47. The molecule has 1 amide bonds. The molecule has 0 spiro atoms. The van der Waals surface area contributed by atoms with Gasteiger partial charge in [0.1, 0.15) is 42.9 Å². The van der Waals surface area contributed by atoms with Gasteiger partial charge in [0.25, 0.3) is 0 Å². The quantitative estimate of drug-likeness (QED) is 0.0706. The van der Waals surface area contributed by atoms with E-state index in [1.165, 1.54) is 25.3 Å². The number of aliphatic hydroxyl groups excluding tert-OH is 2. The number of unbranched alkanes of at least 4 members (excludes halogenated alkanes) is 2. The van der Waals surface area contributed by atoms with Crippen molar-refractivity contribution >= 4 is 11.8 Å². The molecule has 6 atom stereocenters. The molecule has 306 valence electrons. The second-order valence-electron chi connectivity index (χ2n) is 14.8. The van der Waals surface area contributed by atoms with Crippen LogP contribution >= 0.6 is 0 Å². The topological polar surface area (TPSA) is 119 Å². The van der Waals surface area contributed by atoms with Crippen LogP contribution in [0.4, 0.5) is 13.6 Å². The van der Waals surface area contributed by atoms with Gasteiger partial charge in [-0.2, -0.15) is 0 Å². The first-order valence-corrected chi connectivity index (χ1v) is 19.9. The Labute approximate surface area is 333 Å². The van der Waals surface area contributed by atoms with Crippen LogP contribution in [0.5, 0.6) is 11.5 Å². The van der Waals surface area contributed by atoms with E-state index in [4.69, 9.17) is 23.8 Å². The largest absolute Gasteiger partial charge is 0.489 e. The minimum Gasteiger partial charge on any atom is -0.489 e. The van der Waals surface area contributed by atoms with Crippen LogP contribution in [0.15, 0.2) is 96.2 Å².